The summed E-state index contributed by atoms with van der Waals surface area (Å²) in [5.74, 6) is 0.708. The number of benzene rings is 2. The van der Waals surface area contributed by atoms with E-state index >= 15 is 0 Å². The Bertz CT molecular complexity index is 1320. The van der Waals surface area contributed by atoms with Gasteiger partial charge in [-0.1, -0.05) is 31.7 Å². The summed E-state index contributed by atoms with van der Waals surface area (Å²) in [5.41, 5.74) is 6.30. The first kappa shape index (κ1) is 18.9. The van der Waals surface area contributed by atoms with E-state index in [0.717, 1.165) is 0 Å². The molecule has 0 atom stereocenters. The first-order chi connectivity index (χ1) is 14.4. The first-order valence-corrected chi connectivity index (χ1v) is 12.8. The molecule has 1 aliphatic carbocycles. The molecule has 0 amide bonds. The summed E-state index contributed by atoms with van der Waals surface area (Å²) in [6, 6.07) is 12.0. The van der Waals surface area contributed by atoms with E-state index < -0.39 is 0 Å². The fraction of sp³-hybridized carbons (Fsp3) is 0.370. The zero-order valence-electron chi connectivity index (χ0n) is 18.2. The van der Waals surface area contributed by atoms with Crippen LogP contribution in [-0.2, 0) is 7.05 Å². The molecule has 2 aromatic heterocycles. The van der Waals surface area contributed by atoms with Crippen LogP contribution < -0.4 is 4.57 Å². The fourth-order valence-corrected chi connectivity index (χ4v) is 7.82. The van der Waals surface area contributed by atoms with Crippen molar-refractivity contribution in [3.05, 3.63) is 53.0 Å². The van der Waals surface area contributed by atoms with Gasteiger partial charge < -0.3 is 0 Å². The Hall–Kier alpha value is -1.84. The molecule has 3 heteroatoms. The SMILES string of the molecule is Cc1c2c(cc3sccc13)Sc1cc(C3CCC(C)(C)CC3)cc3cc[n+](C)c-2c13. The highest BCUT2D eigenvalue weighted by atomic mass is 32.2. The molecule has 0 radical (unpaired) electrons. The molecule has 152 valence electrons. The zero-order chi connectivity index (χ0) is 20.6. The number of aromatic nitrogens is 1. The lowest BCUT2D eigenvalue weighted by Gasteiger charge is -2.35. The molecule has 0 N–H and O–H groups in total. The number of pyridine rings is 1. The molecule has 1 nitrogen and oxygen atoms in total. The van der Waals surface area contributed by atoms with Crippen LogP contribution in [0.1, 0.15) is 56.6 Å². The zero-order valence-corrected chi connectivity index (χ0v) is 19.8. The summed E-state index contributed by atoms with van der Waals surface area (Å²) in [4.78, 5) is 2.86. The predicted octanol–water partition coefficient (Wildman–Crippen LogP) is 8.00. The maximum atomic E-state index is 2.52. The van der Waals surface area contributed by atoms with Gasteiger partial charge in [0.2, 0.25) is 5.69 Å². The molecule has 0 spiro atoms. The average molecular weight is 431 g/mol. The highest BCUT2D eigenvalue weighted by Crippen LogP contribution is 2.51. The summed E-state index contributed by atoms with van der Waals surface area (Å²) in [6.07, 6.45) is 7.58. The molecule has 2 aliphatic rings. The molecular formula is C27H28NS2+. The second-order valence-corrected chi connectivity index (χ2v) is 12.0. The molecule has 1 fully saturated rings. The van der Waals surface area contributed by atoms with Crippen molar-refractivity contribution in [2.24, 2.45) is 12.5 Å². The third-order valence-corrected chi connectivity index (χ3v) is 9.42. The summed E-state index contributed by atoms with van der Waals surface area (Å²) in [7, 11) is 2.20. The minimum absolute atomic E-state index is 0.514. The summed E-state index contributed by atoms with van der Waals surface area (Å²) < 4.78 is 3.74. The van der Waals surface area contributed by atoms with Crippen LogP contribution >= 0.6 is 23.1 Å². The van der Waals surface area contributed by atoms with Crippen LogP contribution in [0, 0.1) is 12.3 Å². The van der Waals surface area contributed by atoms with E-state index in [-0.39, 0.29) is 0 Å². The van der Waals surface area contributed by atoms with E-state index in [1.54, 1.807) is 5.56 Å². The van der Waals surface area contributed by atoms with Crippen LogP contribution in [0.5, 0.6) is 0 Å². The molecule has 1 aliphatic heterocycles. The second kappa shape index (κ2) is 6.58. The van der Waals surface area contributed by atoms with E-state index in [0.29, 0.717) is 11.3 Å². The minimum Gasteiger partial charge on any atom is -0.200 e. The number of hydrogen-bond acceptors (Lipinski definition) is 2. The lowest BCUT2D eigenvalue weighted by molar-refractivity contribution is -0.659. The summed E-state index contributed by atoms with van der Waals surface area (Å²) in [5, 5.41) is 6.48. The second-order valence-electron chi connectivity index (χ2n) is 10.0. The van der Waals surface area contributed by atoms with Gasteiger partial charge in [0.05, 0.1) is 10.9 Å². The van der Waals surface area contributed by atoms with Crippen LogP contribution in [0.15, 0.2) is 51.7 Å². The summed E-state index contributed by atoms with van der Waals surface area (Å²) in [6.45, 7) is 7.16. The van der Waals surface area contributed by atoms with E-state index in [4.69, 9.17) is 0 Å². The highest BCUT2D eigenvalue weighted by molar-refractivity contribution is 7.99. The largest absolute Gasteiger partial charge is 0.222 e. The molecule has 4 aromatic rings. The van der Waals surface area contributed by atoms with Crippen molar-refractivity contribution in [3.63, 3.8) is 0 Å². The quantitative estimate of drug-likeness (QED) is 0.244. The van der Waals surface area contributed by atoms with Gasteiger partial charge in [0, 0.05) is 20.6 Å². The maximum absolute atomic E-state index is 2.52. The fourth-order valence-electron chi connectivity index (χ4n) is 5.58. The van der Waals surface area contributed by atoms with Gasteiger partial charge >= 0.3 is 0 Å². The molecule has 2 aromatic carbocycles. The number of aryl methyl sites for hydroxylation is 2. The van der Waals surface area contributed by atoms with E-state index in [1.165, 1.54) is 73.2 Å². The van der Waals surface area contributed by atoms with Gasteiger partial charge in [-0.15, -0.1) is 11.3 Å². The smallest absolute Gasteiger partial charge is 0.200 e. The molecule has 0 saturated heterocycles. The molecule has 3 heterocycles. The van der Waals surface area contributed by atoms with Crippen LogP contribution in [0.3, 0.4) is 0 Å². The Kier molecular flexibility index (Phi) is 4.14. The topological polar surface area (TPSA) is 3.88 Å². The Morgan fingerprint density at radius 2 is 1.83 bits per heavy atom. The third kappa shape index (κ3) is 2.78. The number of rotatable bonds is 1. The Labute approximate surface area is 187 Å². The van der Waals surface area contributed by atoms with Crippen molar-refractivity contribution in [3.8, 4) is 11.3 Å². The van der Waals surface area contributed by atoms with Crippen LogP contribution in [-0.4, -0.2) is 0 Å². The number of fused-ring (bicyclic) bond motifs is 3. The Morgan fingerprint density at radius 1 is 1.03 bits per heavy atom. The van der Waals surface area contributed by atoms with Gasteiger partial charge in [0.1, 0.15) is 7.05 Å². The van der Waals surface area contributed by atoms with Gasteiger partial charge in [-0.25, -0.2) is 4.57 Å². The standard InChI is InChI=1S/C27H28NS2/c1-16-20-8-12-29-21(20)15-23-24(16)26-25-18(7-11-28(26)4)13-19(14-22(25)30-23)17-5-9-27(2,3)10-6-17/h7-8,11-15,17H,5-6,9-10H2,1-4H3/q+1. The summed E-state index contributed by atoms with van der Waals surface area (Å²) >= 11 is 3.85. The van der Waals surface area contributed by atoms with Crippen molar-refractivity contribution < 1.29 is 4.57 Å². The lowest BCUT2D eigenvalue weighted by Crippen LogP contribution is -2.31. The molecule has 30 heavy (non-hydrogen) atoms. The van der Waals surface area contributed by atoms with Gasteiger partial charge in [-0.05, 0) is 89.4 Å². The number of thiophene rings is 1. The molecular weight excluding hydrogens is 402 g/mol. The minimum atomic E-state index is 0.514. The first-order valence-electron chi connectivity index (χ1n) is 11.1. The van der Waals surface area contributed by atoms with Crippen molar-refractivity contribution in [2.75, 3.05) is 0 Å². The van der Waals surface area contributed by atoms with Gasteiger partial charge in [0.25, 0.3) is 0 Å². The average Bonchev–Trinajstić information content (AvgIpc) is 3.18. The van der Waals surface area contributed by atoms with Crippen LogP contribution in [0.4, 0.5) is 0 Å². The van der Waals surface area contributed by atoms with E-state index in [2.05, 4.69) is 74.3 Å². The number of hydrogen-bond donors (Lipinski definition) is 0. The van der Waals surface area contributed by atoms with Crippen molar-refractivity contribution in [1.29, 1.82) is 0 Å². The van der Waals surface area contributed by atoms with Crippen molar-refractivity contribution in [1.82, 2.24) is 0 Å². The Balaban J connectivity index is 1.57. The normalized spacial score (nSPS) is 18.1. The van der Waals surface area contributed by atoms with Crippen molar-refractivity contribution >= 4 is 44.0 Å². The van der Waals surface area contributed by atoms with Crippen LogP contribution in [0.2, 0.25) is 0 Å². The molecule has 0 unspecified atom stereocenters. The van der Waals surface area contributed by atoms with Crippen LogP contribution in [0.25, 0.3) is 32.1 Å². The molecule has 1 saturated carbocycles. The monoisotopic (exact) mass is 430 g/mol. The third-order valence-electron chi connectivity index (χ3n) is 7.47. The van der Waals surface area contributed by atoms with Gasteiger partial charge in [-0.3, -0.25) is 0 Å². The van der Waals surface area contributed by atoms with E-state index in [1.807, 2.05) is 23.1 Å². The van der Waals surface area contributed by atoms with Gasteiger partial charge in [0.15, 0.2) is 6.20 Å². The van der Waals surface area contributed by atoms with E-state index in [9.17, 15) is 0 Å². The molecule has 6 rings (SSSR count). The number of nitrogens with zero attached hydrogens (tertiary/aromatic N) is 1. The predicted molar refractivity (Wildman–Crippen MR) is 130 cm³/mol. The Morgan fingerprint density at radius 3 is 2.63 bits per heavy atom. The lowest BCUT2D eigenvalue weighted by atomic mass is 9.71. The van der Waals surface area contributed by atoms with Crippen molar-refractivity contribution in [2.45, 2.75) is 62.2 Å². The van der Waals surface area contributed by atoms with Gasteiger partial charge in [-0.2, -0.15) is 0 Å². The highest BCUT2D eigenvalue weighted by Gasteiger charge is 2.32. The maximum Gasteiger partial charge on any atom is 0.222 e. The molecule has 0 bridgehead atoms.